The number of para-hydroxylation sites is 1. The number of benzene rings is 2. The molecule has 3 rings (SSSR count). The van der Waals surface area contributed by atoms with E-state index in [9.17, 15) is 42.4 Å². The minimum Gasteiger partial charge on any atom is -0.508 e. The van der Waals surface area contributed by atoms with Crippen LogP contribution in [0.5, 0.6) is 5.75 Å². The van der Waals surface area contributed by atoms with E-state index in [1.165, 1.54) is 31.2 Å². The van der Waals surface area contributed by atoms with E-state index in [-0.39, 0.29) is 30.9 Å². The number of carbonyl (C=O) groups excluding carboxylic acids is 4. The Labute approximate surface area is 279 Å². The Hall–Kier alpha value is -4.47. The number of aromatic amines is 1. The standard InChI is InChI=1S/C33H45N5O9S/c1-18(2)14-26(36-30(41)27(35-20(5)39)16-22-17-34-25-9-7-6-8-24(22)25)31(42)38-29(19(3)4)32(43)37-28(33(44)48(45,46)47)15-21-10-12-23(40)13-11-21/h6-13,17-19,26-29,33-34,40,44H,14-16H2,1-5H3,(H,35,39)(H,36,41)(H,37,43)(H,38,42)(H,45,46,47)/t26-,27-,28?,29-,33?/m0/s1. The Morgan fingerprint density at radius 2 is 1.44 bits per heavy atom. The van der Waals surface area contributed by atoms with Gasteiger partial charge in [-0.15, -0.1) is 0 Å². The molecule has 15 heteroatoms. The third-order valence-corrected chi connectivity index (χ3v) is 8.69. The number of amides is 4. The maximum atomic E-state index is 13.7. The van der Waals surface area contributed by atoms with E-state index in [2.05, 4.69) is 26.3 Å². The maximum Gasteiger partial charge on any atom is 0.294 e. The zero-order valence-corrected chi connectivity index (χ0v) is 28.4. The molecule has 0 aliphatic rings. The van der Waals surface area contributed by atoms with Crippen molar-refractivity contribution in [3.63, 3.8) is 0 Å². The summed E-state index contributed by atoms with van der Waals surface area (Å²) in [4.78, 5) is 55.9. The van der Waals surface area contributed by atoms with Gasteiger partial charge in [-0.05, 0) is 54.0 Å². The van der Waals surface area contributed by atoms with Gasteiger partial charge in [-0.2, -0.15) is 8.42 Å². The van der Waals surface area contributed by atoms with E-state index in [0.717, 1.165) is 16.5 Å². The van der Waals surface area contributed by atoms with Crippen LogP contribution in [-0.4, -0.2) is 81.4 Å². The summed E-state index contributed by atoms with van der Waals surface area (Å²) in [6.07, 6.45) is 1.85. The van der Waals surface area contributed by atoms with Gasteiger partial charge in [0.15, 0.2) is 0 Å². The summed E-state index contributed by atoms with van der Waals surface area (Å²) in [5.74, 6) is -3.23. The predicted molar refractivity (Wildman–Crippen MR) is 179 cm³/mol. The number of hydrogen-bond donors (Lipinski definition) is 8. The number of nitrogens with one attached hydrogen (secondary N) is 5. The number of aromatic hydroxyl groups is 1. The zero-order valence-electron chi connectivity index (χ0n) is 27.6. The second-order valence-electron chi connectivity index (χ2n) is 12.6. The molecule has 0 saturated carbocycles. The highest BCUT2D eigenvalue weighted by Gasteiger charge is 2.36. The van der Waals surface area contributed by atoms with Crippen LogP contribution >= 0.6 is 0 Å². The van der Waals surface area contributed by atoms with Gasteiger partial charge in [0, 0.05) is 30.4 Å². The minimum atomic E-state index is -5.01. The van der Waals surface area contributed by atoms with Crippen LogP contribution in [0.2, 0.25) is 0 Å². The van der Waals surface area contributed by atoms with Crippen LogP contribution < -0.4 is 21.3 Å². The van der Waals surface area contributed by atoms with Crippen molar-refractivity contribution in [2.45, 2.75) is 83.5 Å². The molecular formula is C33H45N5O9S. The van der Waals surface area contributed by atoms with Gasteiger partial charge < -0.3 is 36.5 Å². The molecule has 0 aliphatic heterocycles. The van der Waals surface area contributed by atoms with Crippen molar-refractivity contribution in [2.24, 2.45) is 11.8 Å². The lowest BCUT2D eigenvalue weighted by molar-refractivity contribution is -0.134. The van der Waals surface area contributed by atoms with E-state index < -0.39 is 69.3 Å². The van der Waals surface area contributed by atoms with Crippen LogP contribution in [0, 0.1) is 11.8 Å². The third kappa shape index (κ3) is 10.8. The van der Waals surface area contributed by atoms with E-state index in [0.29, 0.717) is 5.56 Å². The Kier molecular flexibility index (Phi) is 13.1. The number of rotatable bonds is 16. The summed E-state index contributed by atoms with van der Waals surface area (Å²) in [6.45, 7) is 8.26. The highest BCUT2D eigenvalue weighted by Crippen LogP contribution is 2.20. The van der Waals surface area contributed by atoms with Crippen LogP contribution in [0.1, 0.15) is 52.2 Å². The van der Waals surface area contributed by atoms with E-state index in [4.69, 9.17) is 0 Å². The molecule has 0 radical (unpaired) electrons. The SMILES string of the molecule is CC(=O)N[C@@H](Cc1c[nH]c2ccccc12)C(=O)N[C@@H](CC(C)C)C(=O)N[C@H](C(=O)NC(Cc1ccc(O)cc1)C(O)S(=O)(=O)O)C(C)C. The molecule has 0 spiro atoms. The first-order valence-electron chi connectivity index (χ1n) is 15.6. The quantitative estimate of drug-likeness (QED) is 0.102. The largest absolute Gasteiger partial charge is 0.508 e. The lowest BCUT2D eigenvalue weighted by Gasteiger charge is -2.29. The molecule has 5 atom stereocenters. The summed E-state index contributed by atoms with van der Waals surface area (Å²) < 4.78 is 33.2. The van der Waals surface area contributed by atoms with Gasteiger partial charge in [-0.1, -0.05) is 58.0 Å². The van der Waals surface area contributed by atoms with E-state index >= 15 is 0 Å². The van der Waals surface area contributed by atoms with Crippen LogP contribution in [0.15, 0.2) is 54.7 Å². The lowest BCUT2D eigenvalue weighted by atomic mass is 9.98. The molecule has 2 unspecified atom stereocenters. The molecule has 1 heterocycles. The summed E-state index contributed by atoms with van der Waals surface area (Å²) in [6, 6.07) is 8.20. The highest BCUT2D eigenvalue weighted by atomic mass is 32.2. The van der Waals surface area contributed by atoms with Crippen LogP contribution in [-0.2, 0) is 42.1 Å². The number of fused-ring (bicyclic) bond motifs is 1. The van der Waals surface area contributed by atoms with Crippen molar-refractivity contribution in [1.29, 1.82) is 0 Å². The Bertz CT molecular complexity index is 1690. The van der Waals surface area contributed by atoms with Gasteiger partial charge in [0.25, 0.3) is 10.1 Å². The topological polar surface area (TPSA) is 227 Å². The Morgan fingerprint density at radius 3 is 2.02 bits per heavy atom. The van der Waals surface area contributed by atoms with Gasteiger partial charge >= 0.3 is 0 Å². The molecule has 0 fully saturated rings. The van der Waals surface area contributed by atoms with Gasteiger partial charge in [0.2, 0.25) is 29.1 Å². The maximum absolute atomic E-state index is 13.7. The van der Waals surface area contributed by atoms with Gasteiger partial charge in [-0.25, -0.2) is 0 Å². The van der Waals surface area contributed by atoms with Crippen molar-refractivity contribution >= 4 is 44.6 Å². The van der Waals surface area contributed by atoms with Crippen molar-refractivity contribution in [2.75, 3.05) is 0 Å². The first kappa shape index (κ1) is 38.0. The van der Waals surface area contributed by atoms with E-state index in [1.54, 1.807) is 20.0 Å². The molecule has 3 aromatic rings. The molecule has 0 aliphatic carbocycles. The number of aliphatic hydroxyl groups excluding tert-OH is 1. The normalized spacial score (nSPS) is 14.9. The minimum absolute atomic E-state index is 0.0540. The molecular weight excluding hydrogens is 642 g/mol. The van der Waals surface area contributed by atoms with Crippen molar-refractivity contribution in [1.82, 2.24) is 26.3 Å². The van der Waals surface area contributed by atoms with Crippen molar-refractivity contribution < 1.29 is 42.4 Å². The van der Waals surface area contributed by atoms with Gasteiger partial charge in [-0.3, -0.25) is 23.7 Å². The molecule has 8 N–H and O–H groups in total. The van der Waals surface area contributed by atoms with Gasteiger partial charge in [0.1, 0.15) is 23.9 Å². The average Bonchev–Trinajstić information content (AvgIpc) is 3.40. The Morgan fingerprint density at radius 1 is 0.812 bits per heavy atom. The second-order valence-corrected chi connectivity index (χ2v) is 14.1. The van der Waals surface area contributed by atoms with Crippen molar-refractivity contribution in [3.8, 4) is 5.75 Å². The third-order valence-electron chi connectivity index (χ3n) is 7.75. The molecule has 0 saturated heterocycles. The predicted octanol–water partition coefficient (Wildman–Crippen LogP) is 1.53. The second kappa shape index (κ2) is 16.6. The zero-order chi connectivity index (χ0) is 35.8. The number of carbonyl (C=O) groups is 4. The summed E-state index contributed by atoms with van der Waals surface area (Å²) >= 11 is 0. The molecule has 48 heavy (non-hydrogen) atoms. The summed E-state index contributed by atoms with van der Waals surface area (Å²) in [7, 11) is -5.01. The lowest BCUT2D eigenvalue weighted by Crippen LogP contribution is -2.60. The summed E-state index contributed by atoms with van der Waals surface area (Å²) in [5, 5.41) is 31.3. The first-order chi connectivity index (χ1) is 22.5. The number of hydrogen-bond acceptors (Lipinski definition) is 8. The fourth-order valence-corrected chi connectivity index (χ4v) is 5.91. The monoisotopic (exact) mass is 687 g/mol. The van der Waals surface area contributed by atoms with Crippen LogP contribution in [0.4, 0.5) is 0 Å². The van der Waals surface area contributed by atoms with Crippen molar-refractivity contribution in [3.05, 3.63) is 65.9 Å². The first-order valence-corrected chi connectivity index (χ1v) is 17.1. The molecule has 14 nitrogen and oxygen atoms in total. The summed E-state index contributed by atoms with van der Waals surface area (Å²) in [5.41, 5.74) is -0.310. The number of phenols is 1. The van der Waals surface area contributed by atoms with Gasteiger partial charge in [0.05, 0.1) is 6.04 Å². The highest BCUT2D eigenvalue weighted by molar-refractivity contribution is 7.86. The van der Waals surface area contributed by atoms with E-state index in [1.807, 2.05) is 38.1 Å². The average molecular weight is 688 g/mol. The number of H-pyrrole nitrogens is 1. The van der Waals surface area contributed by atoms with Crippen LogP contribution in [0.3, 0.4) is 0 Å². The molecule has 2 aromatic carbocycles. The number of aliphatic hydroxyl groups is 1. The molecule has 4 amide bonds. The smallest absolute Gasteiger partial charge is 0.294 e. The molecule has 0 bridgehead atoms. The molecule has 1 aromatic heterocycles. The fourth-order valence-electron chi connectivity index (χ4n) is 5.33. The fraction of sp³-hybridized carbons (Fsp3) is 0.455. The molecule has 262 valence electrons. The van der Waals surface area contributed by atoms with Crippen LogP contribution in [0.25, 0.3) is 10.9 Å². The number of phenolic OH excluding ortho intramolecular Hbond substituents is 1. The number of aromatic nitrogens is 1. The Balaban J connectivity index is 1.80.